The molecule has 1 aromatic rings. The summed E-state index contributed by atoms with van der Waals surface area (Å²) in [5.41, 5.74) is -0.254. The van der Waals surface area contributed by atoms with Crippen LogP contribution >= 0.6 is 0 Å². The Morgan fingerprint density at radius 2 is 1.90 bits per heavy atom. The highest BCUT2D eigenvalue weighted by molar-refractivity contribution is 7.89. The SMILES string of the molecule is Cc1[nH]nc(C(=O)O)c1S(=O)(=O)N1C2CCC1CC(O)C2. The largest absolute Gasteiger partial charge is 0.476 e. The first-order valence-electron chi connectivity index (χ1n) is 6.82. The van der Waals surface area contributed by atoms with Gasteiger partial charge in [0.25, 0.3) is 0 Å². The topological polar surface area (TPSA) is 124 Å². The summed E-state index contributed by atoms with van der Waals surface area (Å²) in [6.07, 6.45) is 1.70. The van der Waals surface area contributed by atoms with Crippen molar-refractivity contribution in [2.45, 2.75) is 55.7 Å². The Hall–Kier alpha value is -1.45. The number of carboxylic acid groups (broad SMARTS) is 1. The number of hydrogen-bond acceptors (Lipinski definition) is 5. The van der Waals surface area contributed by atoms with E-state index < -0.39 is 27.8 Å². The van der Waals surface area contributed by atoms with Gasteiger partial charge < -0.3 is 10.2 Å². The van der Waals surface area contributed by atoms with Crippen LogP contribution in [0.4, 0.5) is 0 Å². The molecule has 21 heavy (non-hydrogen) atoms. The molecule has 0 saturated carbocycles. The normalized spacial score (nSPS) is 29.7. The zero-order valence-electron chi connectivity index (χ0n) is 11.5. The third kappa shape index (κ3) is 2.16. The van der Waals surface area contributed by atoms with Crippen molar-refractivity contribution in [2.75, 3.05) is 0 Å². The minimum absolute atomic E-state index is 0.220. The summed E-state index contributed by atoms with van der Waals surface area (Å²) < 4.78 is 27.1. The van der Waals surface area contributed by atoms with Crippen LogP contribution in [0, 0.1) is 6.92 Å². The van der Waals surface area contributed by atoms with Gasteiger partial charge in [-0.1, -0.05) is 0 Å². The van der Waals surface area contributed by atoms with E-state index in [4.69, 9.17) is 5.11 Å². The molecule has 2 aliphatic rings. The van der Waals surface area contributed by atoms with Crippen LogP contribution in [0.2, 0.25) is 0 Å². The molecule has 3 heterocycles. The fourth-order valence-electron chi connectivity index (χ4n) is 3.48. The number of rotatable bonds is 3. The Balaban J connectivity index is 2.06. The lowest BCUT2D eigenvalue weighted by Crippen LogP contribution is -2.48. The molecule has 1 aromatic heterocycles. The molecule has 0 radical (unpaired) electrons. The summed E-state index contributed by atoms with van der Waals surface area (Å²) in [6.45, 7) is 1.49. The van der Waals surface area contributed by atoms with E-state index in [0.717, 1.165) is 0 Å². The van der Waals surface area contributed by atoms with E-state index in [-0.39, 0.29) is 22.7 Å². The van der Waals surface area contributed by atoms with E-state index >= 15 is 0 Å². The average molecular weight is 315 g/mol. The summed E-state index contributed by atoms with van der Waals surface area (Å²) in [6, 6.07) is -0.528. The Morgan fingerprint density at radius 3 is 2.43 bits per heavy atom. The zero-order chi connectivity index (χ0) is 15.4. The first kappa shape index (κ1) is 14.5. The van der Waals surface area contributed by atoms with Gasteiger partial charge in [-0.05, 0) is 32.6 Å². The van der Waals surface area contributed by atoms with Crippen molar-refractivity contribution in [1.29, 1.82) is 0 Å². The van der Waals surface area contributed by atoms with Gasteiger partial charge in [0.05, 0.1) is 11.8 Å². The Morgan fingerprint density at radius 1 is 1.33 bits per heavy atom. The van der Waals surface area contributed by atoms with Crippen LogP contribution in [0.3, 0.4) is 0 Å². The molecule has 8 nitrogen and oxygen atoms in total. The molecular weight excluding hydrogens is 298 g/mol. The fraction of sp³-hybridized carbons (Fsp3) is 0.667. The molecule has 0 amide bonds. The lowest BCUT2D eigenvalue weighted by molar-refractivity contribution is 0.0680. The maximum Gasteiger partial charge on any atom is 0.357 e. The van der Waals surface area contributed by atoms with Crippen LogP contribution in [-0.4, -0.2) is 57.3 Å². The standard InChI is InChI=1S/C12H17N3O5S/c1-6-11(10(12(17)18)14-13-6)21(19,20)15-7-2-3-8(15)5-9(16)4-7/h7-9,16H,2-5H2,1H3,(H,13,14)(H,17,18). The van der Waals surface area contributed by atoms with Gasteiger partial charge in [-0.15, -0.1) is 0 Å². The maximum atomic E-state index is 12.9. The average Bonchev–Trinajstić information content (AvgIpc) is 2.89. The number of aromatic carboxylic acids is 1. The third-order valence-corrected chi connectivity index (χ3v) is 6.44. The summed E-state index contributed by atoms with van der Waals surface area (Å²) in [7, 11) is -3.94. The first-order valence-corrected chi connectivity index (χ1v) is 8.26. The summed E-state index contributed by atoms with van der Waals surface area (Å²) >= 11 is 0. The second-order valence-electron chi connectivity index (χ2n) is 5.68. The second kappa shape index (κ2) is 4.79. The van der Waals surface area contributed by atoms with E-state index in [2.05, 4.69) is 10.2 Å². The van der Waals surface area contributed by atoms with Gasteiger partial charge in [-0.25, -0.2) is 13.2 Å². The number of sulfonamides is 1. The molecule has 9 heteroatoms. The van der Waals surface area contributed by atoms with Gasteiger partial charge in [0.15, 0.2) is 5.69 Å². The predicted octanol–water partition coefficient (Wildman–Crippen LogP) is 0.0927. The van der Waals surface area contributed by atoms with E-state index in [1.807, 2.05) is 0 Å². The number of nitrogens with zero attached hydrogens (tertiary/aromatic N) is 2. The van der Waals surface area contributed by atoms with Crippen LogP contribution in [-0.2, 0) is 10.0 Å². The molecule has 0 aromatic carbocycles. The highest BCUT2D eigenvalue weighted by Crippen LogP contribution is 2.40. The van der Waals surface area contributed by atoms with Crippen LogP contribution in [0.5, 0.6) is 0 Å². The zero-order valence-corrected chi connectivity index (χ0v) is 12.3. The number of aryl methyl sites for hydroxylation is 1. The van der Waals surface area contributed by atoms with Gasteiger partial charge in [0.2, 0.25) is 10.0 Å². The van der Waals surface area contributed by atoms with Gasteiger partial charge in [-0.2, -0.15) is 9.40 Å². The molecule has 2 fully saturated rings. The molecule has 2 saturated heterocycles. The molecule has 0 spiro atoms. The number of nitrogens with one attached hydrogen (secondary N) is 1. The Kier molecular flexibility index (Phi) is 3.30. The van der Waals surface area contributed by atoms with Crippen molar-refractivity contribution in [3.63, 3.8) is 0 Å². The van der Waals surface area contributed by atoms with Crippen LogP contribution < -0.4 is 0 Å². The van der Waals surface area contributed by atoms with Crippen LogP contribution in [0.15, 0.2) is 4.90 Å². The van der Waals surface area contributed by atoms with E-state index in [9.17, 15) is 18.3 Å². The monoisotopic (exact) mass is 315 g/mol. The first-order chi connectivity index (χ1) is 9.82. The number of fused-ring (bicyclic) bond motifs is 2. The smallest absolute Gasteiger partial charge is 0.357 e. The summed E-state index contributed by atoms with van der Waals surface area (Å²) in [5, 5.41) is 24.9. The number of hydrogen-bond donors (Lipinski definition) is 3. The molecule has 3 rings (SSSR count). The molecule has 0 aliphatic carbocycles. The maximum absolute atomic E-state index is 12.9. The fourth-order valence-corrected chi connectivity index (χ4v) is 5.67. The molecular formula is C12H17N3O5S. The Bertz CT molecular complexity index is 669. The van der Waals surface area contributed by atoms with E-state index in [1.54, 1.807) is 0 Å². The number of carboxylic acids is 1. The quantitative estimate of drug-likeness (QED) is 0.726. The number of aliphatic hydroxyl groups is 1. The van der Waals surface area contributed by atoms with Gasteiger partial charge in [-0.3, -0.25) is 5.10 Å². The van der Waals surface area contributed by atoms with Crippen molar-refractivity contribution in [2.24, 2.45) is 0 Å². The van der Waals surface area contributed by atoms with Crippen molar-refractivity contribution < 1.29 is 23.4 Å². The minimum Gasteiger partial charge on any atom is -0.476 e. The third-order valence-electron chi connectivity index (χ3n) is 4.27. The molecule has 2 aliphatic heterocycles. The summed E-state index contributed by atoms with van der Waals surface area (Å²) in [4.78, 5) is 10.9. The number of carbonyl (C=O) groups is 1. The number of aromatic amines is 1. The lowest BCUT2D eigenvalue weighted by Gasteiger charge is -2.35. The molecule has 3 N–H and O–H groups in total. The number of aliphatic hydroxyl groups excluding tert-OH is 1. The molecule has 2 atom stereocenters. The Labute approximate surface area is 121 Å². The highest BCUT2D eigenvalue weighted by atomic mass is 32.2. The summed E-state index contributed by atoms with van der Waals surface area (Å²) in [5.74, 6) is -1.37. The number of aromatic nitrogens is 2. The lowest BCUT2D eigenvalue weighted by atomic mass is 10.0. The van der Waals surface area contributed by atoms with E-state index in [1.165, 1.54) is 11.2 Å². The minimum atomic E-state index is -3.94. The predicted molar refractivity (Wildman–Crippen MR) is 71.4 cm³/mol. The number of piperidine rings is 1. The van der Waals surface area contributed by atoms with Crippen molar-refractivity contribution in [1.82, 2.24) is 14.5 Å². The van der Waals surface area contributed by atoms with E-state index in [0.29, 0.717) is 25.7 Å². The molecule has 2 bridgehead atoms. The van der Waals surface area contributed by atoms with Gasteiger partial charge in [0, 0.05) is 12.1 Å². The van der Waals surface area contributed by atoms with Crippen LogP contribution in [0.1, 0.15) is 41.9 Å². The van der Waals surface area contributed by atoms with Crippen molar-refractivity contribution >= 4 is 16.0 Å². The van der Waals surface area contributed by atoms with Crippen molar-refractivity contribution in [3.8, 4) is 0 Å². The van der Waals surface area contributed by atoms with Gasteiger partial charge in [0.1, 0.15) is 4.90 Å². The molecule has 116 valence electrons. The molecule has 2 unspecified atom stereocenters. The second-order valence-corrected chi connectivity index (χ2v) is 7.46. The van der Waals surface area contributed by atoms with Crippen molar-refractivity contribution in [3.05, 3.63) is 11.4 Å². The highest BCUT2D eigenvalue weighted by Gasteiger charge is 2.48. The van der Waals surface area contributed by atoms with Gasteiger partial charge >= 0.3 is 5.97 Å². The van der Waals surface area contributed by atoms with Crippen LogP contribution in [0.25, 0.3) is 0 Å². The number of H-pyrrole nitrogens is 1.